The standard InChI is InChI=1S/C25H44N6O.HI/c1-5-26-25(28-19-24(21(2)3)31-14-16-32-17-15-31)27-18-22-6-8-23(9-7-22)20-30-12-10-29(4)11-13-30;/h6-9,21,24H,5,10-20H2,1-4H3,(H2,26,27,28);1H. The van der Waals surface area contributed by atoms with E-state index in [4.69, 9.17) is 9.73 Å². The second-order valence-electron chi connectivity index (χ2n) is 9.43. The molecule has 0 aliphatic carbocycles. The fraction of sp³-hybridized carbons (Fsp3) is 0.720. The van der Waals surface area contributed by atoms with Gasteiger partial charge in [-0.05, 0) is 31.0 Å². The minimum atomic E-state index is 0. The first-order chi connectivity index (χ1) is 15.5. The summed E-state index contributed by atoms with van der Waals surface area (Å²) in [5.74, 6) is 1.48. The lowest BCUT2D eigenvalue weighted by molar-refractivity contribution is 0.00752. The van der Waals surface area contributed by atoms with Gasteiger partial charge in [-0.1, -0.05) is 38.1 Å². The molecule has 2 heterocycles. The molecule has 8 heteroatoms. The second kappa shape index (κ2) is 15.1. The minimum Gasteiger partial charge on any atom is -0.379 e. The molecule has 0 spiro atoms. The van der Waals surface area contributed by atoms with Gasteiger partial charge in [0, 0.05) is 64.9 Å². The number of morpholine rings is 1. The summed E-state index contributed by atoms with van der Waals surface area (Å²) in [5.41, 5.74) is 2.63. The number of hydrogen-bond acceptors (Lipinski definition) is 5. The first kappa shape index (κ1) is 28.3. The number of rotatable bonds is 9. The fourth-order valence-electron chi connectivity index (χ4n) is 4.42. The number of benzene rings is 1. The van der Waals surface area contributed by atoms with Gasteiger partial charge >= 0.3 is 0 Å². The van der Waals surface area contributed by atoms with Crippen molar-refractivity contribution in [1.82, 2.24) is 25.3 Å². The topological polar surface area (TPSA) is 55.4 Å². The van der Waals surface area contributed by atoms with Crippen LogP contribution in [0.5, 0.6) is 0 Å². The Bertz CT molecular complexity index is 685. The monoisotopic (exact) mass is 572 g/mol. The number of ether oxygens (including phenoxy) is 1. The van der Waals surface area contributed by atoms with Gasteiger partial charge in [-0.15, -0.1) is 24.0 Å². The maximum absolute atomic E-state index is 5.53. The number of halogens is 1. The van der Waals surface area contributed by atoms with E-state index in [0.29, 0.717) is 18.5 Å². The Hall–Kier alpha value is -0.940. The van der Waals surface area contributed by atoms with E-state index < -0.39 is 0 Å². The molecule has 0 saturated carbocycles. The zero-order valence-electron chi connectivity index (χ0n) is 21.1. The van der Waals surface area contributed by atoms with E-state index >= 15 is 0 Å². The quantitative estimate of drug-likeness (QED) is 0.270. The van der Waals surface area contributed by atoms with Gasteiger partial charge in [0.05, 0.1) is 19.8 Å². The van der Waals surface area contributed by atoms with Crippen molar-refractivity contribution in [2.24, 2.45) is 10.9 Å². The summed E-state index contributed by atoms with van der Waals surface area (Å²) in [5, 5.41) is 6.99. The number of guanidine groups is 1. The lowest BCUT2D eigenvalue weighted by Gasteiger charge is -2.37. The molecular formula is C25H45IN6O. The average Bonchev–Trinajstić information content (AvgIpc) is 2.80. The van der Waals surface area contributed by atoms with Gasteiger partial charge in [-0.25, -0.2) is 4.99 Å². The van der Waals surface area contributed by atoms with Crippen LogP contribution in [0.3, 0.4) is 0 Å². The van der Waals surface area contributed by atoms with Crippen LogP contribution in [0.15, 0.2) is 29.3 Å². The summed E-state index contributed by atoms with van der Waals surface area (Å²) in [6.07, 6.45) is 0. The van der Waals surface area contributed by atoms with Crippen molar-refractivity contribution in [3.05, 3.63) is 35.4 Å². The highest BCUT2D eigenvalue weighted by Crippen LogP contribution is 2.13. The van der Waals surface area contributed by atoms with Crippen molar-refractivity contribution in [1.29, 1.82) is 0 Å². The molecule has 1 atom stereocenters. The molecule has 0 aromatic heterocycles. The number of piperazine rings is 1. The van der Waals surface area contributed by atoms with Gasteiger partial charge in [0.25, 0.3) is 0 Å². The summed E-state index contributed by atoms with van der Waals surface area (Å²) in [6, 6.07) is 9.45. The Kier molecular flexibility index (Phi) is 13.0. The summed E-state index contributed by atoms with van der Waals surface area (Å²) in [7, 11) is 2.20. The predicted octanol–water partition coefficient (Wildman–Crippen LogP) is 2.46. The van der Waals surface area contributed by atoms with Crippen molar-refractivity contribution in [2.45, 2.75) is 39.9 Å². The molecular weight excluding hydrogens is 527 g/mol. The summed E-state index contributed by atoms with van der Waals surface area (Å²) in [6.45, 7) is 18.5. The smallest absolute Gasteiger partial charge is 0.191 e. The Balaban J connectivity index is 0.00000385. The van der Waals surface area contributed by atoms with Gasteiger partial charge in [-0.3, -0.25) is 9.80 Å². The predicted molar refractivity (Wildman–Crippen MR) is 148 cm³/mol. The van der Waals surface area contributed by atoms with E-state index in [1.54, 1.807) is 0 Å². The van der Waals surface area contributed by atoms with E-state index in [-0.39, 0.29) is 24.0 Å². The molecule has 33 heavy (non-hydrogen) atoms. The highest BCUT2D eigenvalue weighted by atomic mass is 127. The SMILES string of the molecule is CCNC(=NCc1ccc(CN2CCN(C)CC2)cc1)NCC(C(C)C)N1CCOCC1.I. The van der Waals surface area contributed by atoms with E-state index in [1.165, 1.54) is 11.1 Å². The molecule has 0 radical (unpaired) electrons. The third-order valence-electron chi connectivity index (χ3n) is 6.55. The highest BCUT2D eigenvalue weighted by Gasteiger charge is 2.23. The van der Waals surface area contributed by atoms with Crippen LogP contribution >= 0.6 is 24.0 Å². The number of aliphatic imine (C=N–C) groups is 1. The Labute approximate surface area is 218 Å². The Morgan fingerprint density at radius 3 is 2.21 bits per heavy atom. The van der Waals surface area contributed by atoms with Gasteiger partial charge in [0.2, 0.25) is 0 Å². The molecule has 2 saturated heterocycles. The van der Waals surface area contributed by atoms with Crippen LogP contribution in [-0.4, -0.2) is 99.3 Å². The zero-order chi connectivity index (χ0) is 22.8. The second-order valence-corrected chi connectivity index (χ2v) is 9.43. The molecule has 0 amide bonds. The van der Waals surface area contributed by atoms with Crippen LogP contribution < -0.4 is 10.6 Å². The number of nitrogens with zero attached hydrogens (tertiary/aromatic N) is 4. The third-order valence-corrected chi connectivity index (χ3v) is 6.55. The largest absolute Gasteiger partial charge is 0.379 e. The molecule has 2 N–H and O–H groups in total. The Morgan fingerprint density at radius 1 is 0.970 bits per heavy atom. The normalized spacial score (nSPS) is 19.8. The minimum absolute atomic E-state index is 0. The summed E-state index contributed by atoms with van der Waals surface area (Å²) < 4.78 is 5.53. The van der Waals surface area contributed by atoms with Crippen molar-refractivity contribution in [2.75, 3.05) is 72.6 Å². The molecule has 2 fully saturated rings. The molecule has 1 aromatic rings. The first-order valence-corrected chi connectivity index (χ1v) is 12.4. The zero-order valence-corrected chi connectivity index (χ0v) is 23.4. The Morgan fingerprint density at radius 2 is 1.61 bits per heavy atom. The summed E-state index contributed by atoms with van der Waals surface area (Å²) >= 11 is 0. The molecule has 1 aromatic carbocycles. The lowest BCUT2D eigenvalue weighted by Crippen LogP contribution is -2.52. The van der Waals surface area contributed by atoms with E-state index in [9.17, 15) is 0 Å². The van der Waals surface area contributed by atoms with Crippen LogP contribution in [0.4, 0.5) is 0 Å². The lowest BCUT2D eigenvalue weighted by atomic mass is 10.0. The molecule has 2 aliphatic heterocycles. The highest BCUT2D eigenvalue weighted by molar-refractivity contribution is 14.0. The van der Waals surface area contributed by atoms with E-state index in [2.05, 4.69) is 77.4 Å². The molecule has 3 rings (SSSR count). The fourth-order valence-corrected chi connectivity index (χ4v) is 4.42. The van der Waals surface area contributed by atoms with Crippen LogP contribution in [0.1, 0.15) is 31.9 Å². The molecule has 0 bridgehead atoms. The number of likely N-dealkylation sites (N-methyl/N-ethyl adjacent to an activating group) is 1. The van der Waals surface area contributed by atoms with Crippen LogP contribution in [0, 0.1) is 5.92 Å². The average molecular weight is 573 g/mol. The van der Waals surface area contributed by atoms with Gasteiger partial charge in [0.15, 0.2) is 5.96 Å². The molecule has 2 aliphatic rings. The van der Waals surface area contributed by atoms with Crippen molar-refractivity contribution < 1.29 is 4.74 Å². The molecule has 7 nitrogen and oxygen atoms in total. The summed E-state index contributed by atoms with van der Waals surface area (Å²) in [4.78, 5) is 12.3. The van der Waals surface area contributed by atoms with Crippen molar-refractivity contribution in [3.63, 3.8) is 0 Å². The first-order valence-electron chi connectivity index (χ1n) is 12.4. The third kappa shape index (κ3) is 9.68. The molecule has 188 valence electrons. The van der Waals surface area contributed by atoms with Gasteiger partial charge < -0.3 is 20.3 Å². The maximum Gasteiger partial charge on any atom is 0.191 e. The van der Waals surface area contributed by atoms with Crippen molar-refractivity contribution in [3.8, 4) is 0 Å². The molecule has 1 unspecified atom stereocenters. The van der Waals surface area contributed by atoms with Gasteiger partial charge in [0.1, 0.15) is 0 Å². The van der Waals surface area contributed by atoms with E-state index in [0.717, 1.165) is 78.1 Å². The van der Waals surface area contributed by atoms with Crippen molar-refractivity contribution >= 4 is 29.9 Å². The van der Waals surface area contributed by atoms with Crippen LogP contribution in [0.25, 0.3) is 0 Å². The van der Waals surface area contributed by atoms with E-state index in [1.807, 2.05) is 0 Å². The maximum atomic E-state index is 5.53. The number of hydrogen-bond donors (Lipinski definition) is 2. The van der Waals surface area contributed by atoms with Gasteiger partial charge in [-0.2, -0.15) is 0 Å². The number of nitrogens with one attached hydrogen (secondary N) is 2. The van der Waals surface area contributed by atoms with Crippen LogP contribution in [0.2, 0.25) is 0 Å². The van der Waals surface area contributed by atoms with Crippen LogP contribution in [-0.2, 0) is 17.8 Å².